The molecule has 1 N–H and O–H groups in total. The van der Waals surface area contributed by atoms with E-state index in [0.717, 1.165) is 32.7 Å². The molecule has 25 heavy (non-hydrogen) atoms. The van der Waals surface area contributed by atoms with E-state index in [1.54, 1.807) is 0 Å². The van der Waals surface area contributed by atoms with E-state index < -0.39 is 0 Å². The molecule has 1 aromatic carbocycles. The molecule has 0 bridgehead atoms. The Labute approximate surface area is 152 Å². The largest absolute Gasteiger partial charge is 0.348 e. The van der Waals surface area contributed by atoms with Gasteiger partial charge in [-0.15, -0.1) is 11.3 Å². The van der Waals surface area contributed by atoms with Gasteiger partial charge in [-0.2, -0.15) is 0 Å². The second-order valence-corrected chi connectivity index (χ2v) is 8.19. The number of fused-ring (bicyclic) bond motifs is 1. The summed E-state index contributed by atoms with van der Waals surface area (Å²) < 4.78 is 2.38. The van der Waals surface area contributed by atoms with Crippen LogP contribution in [0.5, 0.6) is 0 Å². The predicted octanol–water partition coefficient (Wildman–Crippen LogP) is 3.84. The standard InChI is InChI=1S/C21H23N3S/c1-2-5-19-17(4-1)14-23(15-20(19)21-6-3-9-25-21)12-16-7-8-24(13-16)18-10-22-11-18/h1-9,13,18,20,22H,10-12,14-15H2. The highest BCUT2D eigenvalue weighted by Crippen LogP contribution is 2.36. The number of hydrogen-bond acceptors (Lipinski definition) is 3. The summed E-state index contributed by atoms with van der Waals surface area (Å²) in [6, 6.07) is 16.4. The highest BCUT2D eigenvalue weighted by atomic mass is 32.1. The third-order valence-corrected chi connectivity index (χ3v) is 6.50. The molecule has 2 aromatic heterocycles. The van der Waals surface area contributed by atoms with E-state index in [0.29, 0.717) is 12.0 Å². The van der Waals surface area contributed by atoms with Crippen LogP contribution in [0, 0.1) is 0 Å². The fourth-order valence-corrected chi connectivity index (χ4v) is 4.89. The smallest absolute Gasteiger partial charge is 0.0579 e. The molecular formula is C21H23N3S. The molecule has 2 aliphatic heterocycles. The molecule has 1 atom stereocenters. The first-order valence-corrected chi connectivity index (χ1v) is 9.95. The second-order valence-electron chi connectivity index (χ2n) is 7.22. The number of hydrogen-bond donors (Lipinski definition) is 1. The minimum Gasteiger partial charge on any atom is -0.348 e. The maximum absolute atomic E-state index is 3.35. The van der Waals surface area contributed by atoms with Gasteiger partial charge in [0.1, 0.15) is 0 Å². The maximum Gasteiger partial charge on any atom is 0.0579 e. The van der Waals surface area contributed by atoms with E-state index >= 15 is 0 Å². The van der Waals surface area contributed by atoms with Crippen LogP contribution in [0.3, 0.4) is 0 Å². The van der Waals surface area contributed by atoms with Crippen molar-refractivity contribution in [1.82, 2.24) is 14.8 Å². The van der Waals surface area contributed by atoms with Crippen LogP contribution in [0.2, 0.25) is 0 Å². The second kappa shape index (κ2) is 6.45. The molecule has 0 spiro atoms. The van der Waals surface area contributed by atoms with Crippen LogP contribution < -0.4 is 5.32 Å². The Morgan fingerprint density at radius 2 is 2.00 bits per heavy atom. The molecule has 0 saturated carbocycles. The zero-order chi connectivity index (χ0) is 16.6. The Morgan fingerprint density at radius 3 is 2.80 bits per heavy atom. The van der Waals surface area contributed by atoms with E-state index in [2.05, 4.69) is 75.0 Å². The lowest BCUT2D eigenvalue weighted by molar-refractivity contribution is 0.232. The topological polar surface area (TPSA) is 20.2 Å². The molecule has 1 saturated heterocycles. The summed E-state index contributed by atoms with van der Waals surface area (Å²) in [5.41, 5.74) is 4.42. The first-order valence-electron chi connectivity index (χ1n) is 9.07. The van der Waals surface area contributed by atoms with Crippen molar-refractivity contribution >= 4 is 11.3 Å². The number of rotatable bonds is 4. The molecule has 3 nitrogen and oxygen atoms in total. The Balaban J connectivity index is 1.38. The molecule has 0 amide bonds. The van der Waals surface area contributed by atoms with E-state index in [9.17, 15) is 0 Å². The number of thiophene rings is 1. The van der Waals surface area contributed by atoms with Crippen LogP contribution in [-0.4, -0.2) is 29.1 Å². The lowest BCUT2D eigenvalue weighted by atomic mass is 9.88. The molecule has 128 valence electrons. The molecule has 5 rings (SSSR count). The summed E-state index contributed by atoms with van der Waals surface area (Å²) in [4.78, 5) is 4.08. The van der Waals surface area contributed by atoms with Gasteiger partial charge in [0.15, 0.2) is 0 Å². The van der Waals surface area contributed by atoms with Crippen LogP contribution >= 0.6 is 11.3 Å². The van der Waals surface area contributed by atoms with E-state index in [4.69, 9.17) is 0 Å². The van der Waals surface area contributed by atoms with Crippen molar-refractivity contribution in [3.63, 3.8) is 0 Å². The Kier molecular flexibility index (Phi) is 3.97. The van der Waals surface area contributed by atoms with E-state index in [1.165, 1.54) is 21.6 Å². The first kappa shape index (κ1) is 15.4. The SMILES string of the molecule is c1csc(C2CN(Cc3ccn(C4CNC4)c3)Cc3ccccc32)c1. The number of nitrogens with one attached hydrogen (secondary N) is 1. The zero-order valence-electron chi connectivity index (χ0n) is 14.3. The lowest BCUT2D eigenvalue weighted by Gasteiger charge is -2.34. The van der Waals surface area contributed by atoms with Gasteiger partial charge in [0.05, 0.1) is 6.04 Å². The summed E-state index contributed by atoms with van der Waals surface area (Å²) in [7, 11) is 0. The van der Waals surface area contributed by atoms with Gasteiger partial charge in [0, 0.05) is 55.9 Å². The van der Waals surface area contributed by atoms with Crippen LogP contribution in [-0.2, 0) is 13.1 Å². The fourth-order valence-electron chi connectivity index (χ4n) is 4.06. The molecule has 0 aliphatic carbocycles. The summed E-state index contributed by atoms with van der Waals surface area (Å²) in [6.45, 7) is 5.39. The van der Waals surface area contributed by atoms with Crippen LogP contribution in [0.4, 0.5) is 0 Å². The van der Waals surface area contributed by atoms with Crippen molar-refractivity contribution in [2.75, 3.05) is 19.6 Å². The Hall–Kier alpha value is -1.88. The lowest BCUT2D eigenvalue weighted by Crippen LogP contribution is -2.42. The van der Waals surface area contributed by atoms with Crippen LogP contribution in [0.15, 0.2) is 60.2 Å². The molecule has 1 fully saturated rings. The summed E-state index contributed by atoms with van der Waals surface area (Å²) in [5, 5.41) is 5.55. The third kappa shape index (κ3) is 2.95. The monoisotopic (exact) mass is 349 g/mol. The molecule has 1 unspecified atom stereocenters. The predicted molar refractivity (Wildman–Crippen MR) is 103 cm³/mol. The Morgan fingerprint density at radius 1 is 1.08 bits per heavy atom. The highest BCUT2D eigenvalue weighted by molar-refractivity contribution is 7.10. The molecular weight excluding hydrogens is 326 g/mol. The first-order chi connectivity index (χ1) is 12.4. The number of benzene rings is 1. The van der Waals surface area contributed by atoms with Gasteiger partial charge in [-0.25, -0.2) is 0 Å². The van der Waals surface area contributed by atoms with Gasteiger partial charge < -0.3 is 9.88 Å². The van der Waals surface area contributed by atoms with Gasteiger partial charge >= 0.3 is 0 Å². The summed E-state index contributed by atoms with van der Waals surface area (Å²) in [6.07, 6.45) is 4.58. The van der Waals surface area contributed by atoms with Gasteiger partial charge in [0.2, 0.25) is 0 Å². The van der Waals surface area contributed by atoms with Crippen LogP contribution in [0.1, 0.15) is 33.5 Å². The van der Waals surface area contributed by atoms with Crippen molar-refractivity contribution < 1.29 is 0 Å². The molecule has 2 aliphatic rings. The average Bonchev–Trinajstić information content (AvgIpc) is 3.25. The molecule has 4 heterocycles. The van der Waals surface area contributed by atoms with Gasteiger partial charge in [-0.1, -0.05) is 30.3 Å². The van der Waals surface area contributed by atoms with E-state index in [-0.39, 0.29) is 0 Å². The number of nitrogens with zero attached hydrogens (tertiary/aromatic N) is 2. The quantitative estimate of drug-likeness (QED) is 0.772. The number of aromatic nitrogens is 1. The van der Waals surface area contributed by atoms with E-state index in [1.807, 2.05) is 11.3 Å². The third-order valence-electron chi connectivity index (χ3n) is 5.52. The van der Waals surface area contributed by atoms with Gasteiger partial charge in [0.25, 0.3) is 0 Å². The average molecular weight is 350 g/mol. The molecule has 4 heteroatoms. The highest BCUT2D eigenvalue weighted by Gasteiger charge is 2.27. The normalized spacial score (nSPS) is 21.0. The molecule has 3 aromatic rings. The van der Waals surface area contributed by atoms with Crippen LogP contribution in [0.25, 0.3) is 0 Å². The van der Waals surface area contributed by atoms with Crippen molar-refractivity contribution in [2.24, 2.45) is 0 Å². The van der Waals surface area contributed by atoms with Crippen molar-refractivity contribution in [3.8, 4) is 0 Å². The van der Waals surface area contributed by atoms with Crippen molar-refractivity contribution in [1.29, 1.82) is 0 Å². The summed E-state index contributed by atoms with van der Waals surface area (Å²) in [5.74, 6) is 0.503. The van der Waals surface area contributed by atoms with Crippen molar-refractivity contribution in [3.05, 3.63) is 81.8 Å². The van der Waals surface area contributed by atoms with Crippen molar-refractivity contribution in [2.45, 2.75) is 25.0 Å². The zero-order valence-corrected chi connectivity index (χ0v) is 15.1. The fraction of sp³-hybridized carbons (Fsp3) is 0.333. The van der Waals surface area contributed by atoms with Gasteiger partial charge in [-0.05, 0) is 34.2 Å². The summed E-state index contributed by atoms with van der Waals surface area (Å²) >= 11 is 1.88. The maximum atomic E-state index is 3.35. The minimum atomic E-state index is 0.503. The molecule has 0 radical (unpaired) electrons. The minimum absolute atomic E-state index is 0.503. The van der Waals surface area contributed by atoms with Gasteiger partial charge in [-0.3, -0.25) is 4.90 Å². The Bertz CT molecular complexity index is 848.